The highest BCUT2D eigenvalue weighted by molar-refractivity contribution is 6.07. The maximum atomic E-state index is 13.5. The lowest BCUT2D eigenvalue weighted by atomic mass is 10.2. The molecule has 0 saturated carbocycles. The standard InChI is InChI=1S/C18H17FN4O2/c1-23-11-14(13-7-3-5-9-16(13)23)17(24)21-22-18(25)20-10-12-6-2-4-8-15(12)19/h2-9,11H,10H2,1H3,(H,21,24)(H2,20,22,25). The van der Waals surface area contributed by atoms with Gasteiger partial charge in [-0.3, -0.25) is 10.2 Å². The van der Waals surface area contributed by atoms with Gasteiger partial charge in [-0.1, -0.05) is 36.4 Å². The van der Waals surface area contributed by atoms with Crippen molar-refractivity contribution in [2.45, 2.75) is 6.54 Å². The minimum absolute atomic E-state index is 0.0165. The molecule has 2 aromatic carbocycles. The van der Waals surface area contributed by atoms with E-state index < -0.39 is 17.8 Å². The second-order valence-corrected chi connectivity index (χ2v) is 5.52. The van der Waals surface area contributed by atoms with Crippen LogP contribution in [0.25, 0.3) is 10.9 Å². The maximum absolute atomic E-state index is 13.5. The van der Waals surface area contributed by atoms with E-state index in [1.807, 2.05) is 35.9 Å². The smallest absolute Gasteiger partial charge is 0.333 e. The Hall–Kier alpha value is -3.35. The van der Waals surface area contributed by atoms with Crippen LogP contribution in [0.2, 0.25) is 0 Å². The van der Waals surface area contributed by atoms with E-state index in [1.54, 1.807) is 24.4 Å². The Labute approximate surface area is 143 Å². The number of hydrogen-bond acceptors (Lipinski definition) is 2. The van der Waals surface area contributed by atoms with Crippen molar-refractivity contribution in [3.63, 3.8) is 0 Å². The van der Waals surface area contributed by atoms with Gasteiger partial charge in [0.05, 0.1) is 5.56 Å². The molecule has 0 radical (unpaired) electrons. The summed E-state index contributed by atoms with van der Waals surface area (Å²) in [5.74, 6) is -0.833. The number of carbonyl (C=O) groups is 2. The number of benzene rings is 2. The van der Waals surface area contributed by atoms with Gasteiger partial charge in [0.25, 0.3) is 5.91 Å². The number of halogens is 1. The van der Waals surface area contributed by atoms with Crippen molar-refractivity contribution in [1.29, 1.82) is 0 Å². The van der Waals surface area contributed by atoms with Crippen LogP contribution in [0.3, 0.4) is 0 Å². The topological polar surface area (TPSA) is 75.2 Å². The zero-order valence-corrected chi connectivity index (χ0v) is 13.5. The molecule has 3 N–H and O–H groups in total. The van der Waals surface area contributed by atoms with E-state index in [2.05, 4.69) is 16.2 Å². The van der Waals surface area contributed by atoms with Crippen molar-refractivity contribution >= 4 is 22.8 Å². The van der Waals surface area contributed by atoms with Gasteiger partial charge >= 0.3 is 6.03 Å². The molecule has 0 aliphatic heterocycles. The molecule has 25 heavy (non-hydrogen) atoms. The molecule has 0 aliphatic carbocycles. The Balaban J connectivity index is 1.58. The summed E-state index contributed by atoms with van der Waals surface area (Å²) < 4.78 is 15.3. The predicted molar refractivity (Wildman–Crippen MR) is 92.2 cm³/mol. The fourth-order valence-corrected chi connectivity index (χ4v) is 2.56. The first-order valence-electron chi connectivity index (χ1n) is 7.68. The molecule has 3 amide bonds. The summed E-state index contributed by atoms with van der Waals surface area (Å²) >= 11 is 0. The molecule has 0 saturated heterocycles. The number of hydrazine groups is 1. The van der Waals surface area contributed by atoms with Crippen molar-refractivity contribution in [1.82, 2.24) is 20.7 Å². The van der Waals surface area contributed by atoms with E-state index in [4.69, 9.17) is 0 Å². The Morgan fingerprint density at radius 1 is 1.04 bits per heavy atom. The first-order valence-corrected chi connectivity index (χ1v) is 7.68. The number of aryl methyl sites for hydroxylation is 1. The van der Waals surface area contributed by atoms with Gasteiger partial charge in [0, 0.05) is 36.3 Å². The lowest BCUT2D eigenvalue weighted by molar-refractivity contribution is 0.0937. The van der Waals surface area contributed by atoms with Gasteiger partial charge in [-0.2, -0.15) is 0 Å². The van der Waals surface area contributed by atoms with E-state index in [0.29, 0.717) is 11.1 Å². The summed E-state index contributed by atoms with van der Waals surface area (Å²) in [6.45, 7) is 0.0165. The van der Waals surface area contributed by atoms with E-state index in [-0.39, 0.29) is 6.54 Å². The van der Waals surface area contributed by atoms with Gasteiger partial charge in [-0.05, 0) is 12.1 Å². The van der Waals surface area contributed by atoms with Crippen molar-refractivity contribution in [3.05, 3.63) is 71.7 Å². The number of nitrogens with zero attached hydrogens (tertiary/aromatic N) is 1. The lowest BCUT2D eigenvalue weighted by Crippen LogP contribution is -2.46. The molecule has 3 aromatic rings. The summed E-state index contributed by atoms with van der Waals surface area (Å²) in [5, 5.41) is 3.27. The van der Waals surface area contributed by atoms with E-state index in [9.17, 15) is 14.0 Å². The molecule has 0 spiro atoms. The Morgan fingerprint density at radius 3 is 2.56 bits per heavy atom. The third kappa shape index (κ3) is 3.60. The summed E-state index contributed by atoms with van der Waals surface area (Å²) in [6.07, 6.45) is 1.69. The fourth-order valence-electron chi connectivity index (χ4n) is 2.56. The number of nitrogens with one attached hydrogen (secondary N) is 3. The molecular weight excluding hydrogens is 323 g/mol. The average Bonchev–Trinajstić information content (AvgIpc) is 2.96. The molecule has 0 atom stereocenters. The highest BCUT2D eigenvalue weighted by atomic mass is 19.1. The normalized spacial score (nSPS) is 10.5. The Kier molecular flexibility index (Phi) is 4.65. The zero-order chi connectivity index (χ0) is 17.8. The van der Waals surface area contributed by atoms with Gasteiger partial charge < -0.3 is 9.88 Å². The van der Waals surface area contributed by atoms with E-state index in [1.165, 1.54) is 6.07 Å². The number of hydrogen-bond donors (Lipinski definition) is 3. The van der Waals surface area contributed by atoms with Gasteiger partial charge in [0.2, 0.25) is 0 Å². The van der Waals surface area contributed by atoms with Crippen LogP contribution in [-0.4, -0.2) is 16.5 Å². The second-order valence-electron chi connectivity index (χ2n) is 5.52. The third-order valence-electron chi connectivity index (χ3n) is 3.83. The zero-order valence-electron chi connectivity index (χ0n) is 13.5. The summed E-state index contributed by atoms with van der Waals surface area (Å²) in [7, 11) is 1.84. The average molecular weight is 340 g/mol. The van der Waals surface area contributed by atoms with Crippen LogP contribution in [0, 0.1) is 5.82 Å². The minimum atomic E-state index is -0.628. The van der Waals surface area contributed by atoms with Gasteiger partial charge in [0.1, 0.15) is 5.82 Å². The van der Waals surface area contributed by atoms with Crippen molar-refractivity contribution in [3.8, 4) is 0 Å². The van der Waals surface area contributed by atoms with Crippen molar-refractivity contribution < 1.29 is 14.0 Å². The SMILES string of the molecule is Cn1cc(C(=O)NNC(=O)NCc2ccccc2F)c2ccccc21. The van der Waals surface area contributed by atoms with Crippen molar-refractivity contribution in [2.24, 2.45) is 7.05 Å². The molecule has 0 bridgehead atoms. The first kappa shape index (κ1) is 16.5. The number of aromatic nitrogens is 1. The molecule has 1 aromatic heterocycles. The van der Waals surface area contributed by atoms with Crippen LogP contribution >= 0.6 is 0 Å². The fraction of sp³-hybridized carbons (Fsp3) is 0.111. The van der Waals surface area contributed by atoms with Crippen LogP contribution in [0.4, 0.5) is 9.18 Å². The Bertz CT molecular complexity index is 936. The quantitative estimate of drug-likeness (QED) is 0.641. The number of para-hydroxylation sites is 1. The van der Waals surface area contributed by atoms with Crippen LogP contribution in [-0.2, 0) is 13.6 Å². The third-order valence-corrected chi connectivity index (χ3v) is 3.83. The van der Waals surface area contributed by atoms with Crippen molar-refractivity contribution in [2.75, 3.05) is 0 Å². The van der Waals surface area contributed by atoms with E-state index >= 15 is 0 Å². The Morgan fingerprint density at radius 2 is 1.76 bits per heavy atom. The highest BCUT2D eigenvalue weighted by Gasteiger charge is 2.14. The number of rotatable bonds is 3. The van der Waals surface area contributed by atoms with E-state index in [0.717, 1.165) is 10.9 Å². The van der Waals surface area contributed by atoms with Gasteiger partial charge in [0.15, 0.2) is 0 Å². The molecule has 0 fully saturated rings. The molecular formula is C18H17FN4O2. The molecule has 0 aliphatic rings. The lowest BCUT2D eigenvalue weighted by Gasteiger charge is -2.09. The van der Waals surface area contributed by atoms with Crippen LogP contribution in [0.15, 0.2) is 54.7 Å². The molecule has 1 heterocycles. The molecule has 3 rings (SSSR count). The number of urea groups is 1. The minimum Gasteiger partial charge on any atom is -0.350 e. The number of carbonyl (C=O) groups excluding carboxylic acids is 2. The molecule has 128 valence electrons. The van der Waals surface area contributed by atoms with Gasteiger partial charge in [-0.25, -0.2) is 14.6 Å². The summed E-state index contributed by atoms with van der Waals surface area (Å²) in [5.41, 5.74) is 6.33. The number of fused-ring (bicyclic) bond motifs is 1. The molecule has 6 nitrogen and oxygen atoms in total. The van der Waals surface area contributed by atoms with Crippen LogP contribution < -0.4 is 16.2 Å². The predicted octanol–water partition coefficient (Wildman–Crippen LogP) is 2.46. The summed E-state index contributed by atoms with van der Waals surface area (Å²) in [4.78, 5) is 24.0. The highest BCUT2D eigenvalue weighted by Crippen LogP contribution is 2.19. The maximum Gasteiger partial charge on any atom is 0.333 e. The van der Waals surface area contributed by atoms with Crippen LogP contribution in [0.5, 0.6) is 0 Å². The first-order chi connectivity index (χ1) is 12.1. The number of amides is 3. The second kappa shape index (κ2) is 7.04. The largest absolute Gasteiger partial charge is 0.350 e. The molecule has 7 heteroatoms. The van der Waals surface area contributed by atoms with Gasteiger partial charge in [-0.15, -0.1) is 0 Å². The summed E-state index contributed by atoms with van der Waals surface area (Å²) in [6, 6.07) is 13.0. The molecule has 0 unspecified atom stereocenters. The van der Waals surface area contributed by atoms with Crippen LogP contribution in [0.1, 0.15) is 15.9 Å². The monoisotopic (exact) mass is 340 g/mol.